The maximum absolute atomic E-state index is 13.3. The van der Waals surface area contributed by atoms with Crippen LogP contribution in [0, 0.1) is 11.7 Å². The van der Waals surface area contributed by atoms with Crippen LogP contribution in [0.2, 0.25) is 0 Å². The van der Waals surface area contributed by atoms with E-state index in [-0.39, 0.29) is 5.82 Å². The van der Waals surface area contributed by atoms with Crippen LogP contribution in [0.3, 0.4) is 0 Å². The Morgan fingerprint density at radius 1 is 1.47 bits per heavy atom. The smallest absolute Gasteiger partial charge is 0.137 e. The molecule has 17 heavy (non-hydrogen) atoms. The summed E-state index contributed by atoms with van der Waals surface area (Å²) < 4.78 is 13.9. The molecule has 0 saturated heterocycles. The maximum atomic E-state index is 13.3. The molecular weight excluding hydrogens is 283 g/mol. The van der Waals surface area contributed by atoms with E-state index in [0.29, 0.717) is 10.4 Å². The van der Waals surface area contributed by atoms with Crippen molar-refractivity contribution in [3.63, 3.8) is 0 Å². The van der Waals surface area contributed by atoms with Crippen LogP contribution in [-0.4, -0.2) is 32.1 Å². The molecule has 0 aliphatic heterocycles. The van der Waals surface area contributed by atoms with Gasteiger partial charge in [-0.15, -0.1) is 0 Å². The van der Waals surface area contributed by atoms with Crippen LogP contribution in [0.5, 0.6) is 0 Å². The Hall–Kier alpha value is -0.450. The normalized spacial score (nSPS) is 13.1. The summed E-state index contributed by atoms with van der Waals surface area (Å²) in [5, 5.41) is 3.16. The quantitative estimate of drug-likeness (QED) is 0.869. The van der Waals surface area contributed by atoms with E-state index in [1.807, 2.05) is 13.1 Å². The molecule has 4 heteroatoms. The number of hydrogen-bond acceptors (Lipinski definition) is 2. The first-order valence-electron chi connectivity index (χ1n) is 5.80. The van der Waals surface area contributed by atoms with E-state index in [1.165, 1.54) is 6.07 Å². The van der Waals surface area contributed by atoms with Gasteiger partial charge in [0.2, 0.25) is 0 Å². The van der Waals surface area contributed by atoms with Crippen molar-refractivity contribution < 1.29 is 4.39 Å². The Kier molecular flexibility index (Phi) is 6.09. The van der Waals surface area contributed by atoms with Gasteiger partial charge in [0.1, 0.15) is 5.82 Å². The highest BCUT2D eigenvalue weighted by Gasteiger charge is 2.10. The Morgan fingerprint density at radius 2 is 2.18 bits per heavy atom. The summed E-state index contributed by atoms with van der Waals surface area (Å²) in [6.45, 7) is 4.94. The minimum Gasteiger partial charge on any atom is -0.319 e. The lowest BCUT2D eigenvalue weighted by molar-refractivity contribution is 0.275. The average molecular weight is 303 g/mol. The summed E-state index contributed by atoms with van der Waals surface area (Å²) in [7, 11) is 4.02. The minimum absolute atomic E-state index is 0.195. The van der Waals surface area contributed by atoms with Gasteiger partial charge in [0.05, 0.1) is 4.47 Å². The lowest BCUT2D eigenvalue weighted by Gasteiger charge is -2.21. The van der Waals surface area contributed by atoms with Crippen LogP contribution in [0.1, 0.15) is 12.5 Å². The summed E-state index contributed by atoms with van der Waals surface area (Å²) in [5.41, 5.74) is 0.990. The van der Waals surface area contributed by atoms with E-state index in [2.05, 4.69) is 40.1 Å². The number of benzene rings is 1. The van der Waals surface area contributed by atoms with Gasteiger partial charge < -0.3 is 10.2 Å². The molecule has 0 aliphatic rings. The first-order valence-corrected chi connectivity index (χ1v) is 6.60. The predicted octanol–water partition coefficient (Wildman–Crippen LogP) is 2.88. The second-order valence-corrected chi connectivity index (χ2v) is 5.37. The fraction of sp³-hybridized carbons (Fsp3) is 0.538. The average Bonchev–Trinajstić information content (AvgIpc) is 2.25. The Morgan fingerprint density at radius 3 is 2.82 bits per heavy atom. The van der Waals surface area contributed by atoms with Gasteiger partial charge >= 0.3 is 0 Å². The van der Waals surface area contributed by atoms with Gasteiger partial charge in [-0.3, -0.25) is 0 Å². The van der Waals surface area contributed by atoms with Gasteiger partial charge in [-0.1, -0.05) is 19.1 Å². The van der Waals surface area contributed by atoms with E-state index in [1.54, 1.807) is 6.07 Å². The summed E-state index contributed by atoms with van der Waals surface area (Å²) in [6.07, 6.45) is 0. The van der Waals surface area contributed by atoms with Crippen molar-refractivity contribution in [1.82, 2.24) is 10.2 Å². The minimum atomic E-state index is -0.195. The highest BCUT2D eigenvalue weighted by Crippen LogP contribution is 2.21. The van der Waals surface area contributed by atoms with Crippen molar-refractivity contribution in [3.05, 3.63) is 34.1 Å². The molecule has 0 aromatic heterocycles. The molecule has 0 heterocycles. The molecule has 0 radical (unpaired) electrons. The Balaban J connectivity index is 2.56. The third-order valence-corrected chi connectivity index (χ3v) is 3.54. The summed E-state index contributed by atoms with van der Waals surface area (Å²) >= 11 is 3.29. The second-order valence-electron chi connectivity index (χ2n) is 4.57. The molecule has 0 fully saturated rings. The summed E-state index contributed by atoms with van der Waals surface area (Å²) in [6, 6.07) is 5.17. The Labute approximate surface area is 111 Å². The van der Waals surface area contributed by atoms with Gasteiger partial charge in [0.25, 0.3) is 0 Å². The standard InChI is InChI=1S/C13H20BrFN2/c1-10(7-16-2)8-17(3)9-11-5-4-6-12(15)13(11)14/h4-6,10,16H,7-9H2,1-3H3. The first-order chi connectivity index (χ1) is 8.04. The molecule has 0 spiro atoms. The largest absolute Gasteiger partial charge is 0.319 e. The molecule has 96 valence electrons. The Bertz CT molecular complexity index is 357. The van der Waals surface area contributed by atoms with E-state index in [0.717, 1.165) is 25.2 Å². The van der Waals surface area contributed by atoms with Crippen LogP contribution in [-0.2, 0) is 6.54 Å². The zero-order valence-electron chi connectivity index (χ0n) is 10.6. The first kappa shape index (κ1) is 14.6. The molecule has 0 amide bonds. The zero-order valence-corrected chi connectivity index (χ0v) is 12.2. The van der Waals surface area contributed by atoms with Gasteiger partial charge in [-0.25, -0.2) is 4.39 Å². The number of rotatable bonds is 6. The molecule has 0 bridgehead atoms. The van der Waals surface area contributed by atoms with Gasteiger partial charge in [0.15, 0.2) is 0 Å². The van der Waals surface area contributed by atoms with Gasteiger partial charge in [0, 0.05) is 13.1 Å². The number of nitrogens with one attached hydrogen (secondary N) is 1. The number of hydrogen-bond donors (Lipinski definition) is 1. The van der Waals surface area contributed by atoms with Crippen LogP contribution in [0.15, 0.2) is 22.7 Å². The molecule has 1 unspecified atom stereocenters. The molecule has 0 aliphatic carbocycles. The predicted molar refractivity (Wildman–Crippen MR) is 73.5 cm³/mol. The van der Waals surface area contributed by atoms with Crippen molar-refractivity contribution in [2.45, 2.75) is 13.5 Å². The van der Waals surface area contributed by atoms with E-state index in [9.17, 15) is 4.39 Å². The van der Waals surface area contributed by atoms with Crippen LogP contribution in [0.4, 0.5) is 4.39 Å². The van der Waals surface area contributed by atoms with Crippen LogP contribution < -0.4 is 5.32 Å². The SMILES string of the molecule is CNCC(C)CN(C)Cc1cccc(F)c1Br. The molecular formula is C13H20BrFN2. The van der Waals surface area contributed by atoms with Crippen molar-refractivity contribution in [3.8, 4) is 0 Å². The fourth-order valence-electron chi connectivity index (χ4n) is 1.97. The highest BCUT2D eigenvalue weighted by atomic mass is 79.9. The van der Waals surface area contributed by atoms with E-state index >= 15 is 0 Å². The summed E-state index contributed by atoms with van der Waals surface area (Å²) in [5.74, 6) is 0.386. The fourth-order valence-corrected chi connectivity index (χ4v) is 2.36. The highest BCUT2D eigenvalue weighted by molar-refractivity contribution is 9.10. The third-order valence-electron chi connectivity index (χ3n) is 2.65. The number of nitrogens with zero attached hydrogens (tertiary/aromatic N) is 1. The van der Waals surface area contributed by atoms with Crippen LogP contribution in [0.25, 0.3) is 0 Å². The monoisotopic (exact) mass is 302 g/mol. The zero-order chi connectivity index (χ0) is 12.8. The topological polar surface area (TPSA) is 15.3 Å². The molecule has 2 nitrogen and oxygen atoms in total. The molecule has 1 aromatic carbocycles. The van der Waals surface area contributed by atoms with E-state index in [4.69, 9.17) is 0 Å². The van der Waals surface area contributed by atoms with Crippen molar-refractivity contribution >= 4 is 15.9 Å². The van der Waals surface area contributed by atoms with Gasteiger partial charge in [-0.05, 0) is 54.1 Å². The van der Waals surface area contributed by atoms with Gasteiger partial charge in [-0.2, -0.15) is 0 Å². The molecule has 0 saturated carbocycles. The van der Waals surface area contributed by atoms with Crippen molar-refractivity contribution in [1.29, 1.82) is 0 Å². The van der Waals surface area contributed by atoms with E-state index < -0.39 is 0 Å². The molecule has 1 N–H and O–H groups in total. The molecule has 1 aromatic rings. The van der Waals surface area contributed by atoms with Crippen molar-refractivity contribution in [2.24, 2.45) is 5.92 Å². The maximum Gasteiger partial charge on any atom is 0.137 e. The molecule has 1 atom stereocenters. The number of halogens is 2. The molecule has 1 rings (SSSR count). The lowest BCUT2D eigenvalue weighted by atomic mass is 10.1. The third kappa shape index (κ3) is 4.74. The summed E-state index contributed by atoms with van der Waals surface area (Å²) in [4.78, 5) is 2.21. The lowest BCUT2D eigenvalue weighted by Crippen LogP contribution is -2.29. The van der Waals surface area contributed by atoms with Crippen LogP contribution >= 0.6 is 15.9 Å². The van der Waals surface area contributed by atoms with Crippen molar-refractivity contribution in [2.75, 3.05) is 27.2 Å². The second kappa shape index (κ2) is 7.09.